The zero-order chi connectivity index (χ0) is 21.4. The lowest BCUT2D eigenvalue weighted by Gasteiger charge is -2.23. The molecule has 0 unspecified atom stereocenters. The van der Waals surface area contributed by atoms with E-state index in [9.17, 15) is 18.0 Å². The van der Waals surface area contributed by atoms with Gasteiger partial charge in [0.2, 0.25) is 10.0 Å². The molecule has 0 spiro atoms. The van der Waals surface area contributed by atoms with Crippen LogP contribution in [0.25, 0.3) is 0 Å². The smallest absolute Gasteiger partial charge is 0.335 e. The Bertz CT molecular complexity index is 1000. The molecule has 29 heavy (non-hydrogen) atoms. The fraction of sp³-hybridized carbons (Fsp3) is 0.211. The van der Waals surface area contributed by atoms with Gasteiger partial charge in [0.15, 0.2) is 0 Å². The number of hydrogen-bond acceptors (Lipinski definition) is 6. The predicted octanol–water partition coefficient (Wildman–Crippen LogP) is 1.70. The Kier molecular flexibility index (Phi) is 7.32. The molecular weight excluding hydrogens is 398 g/mol. The Labute approximate surface area is 168 Å². The van der Waals surface area contributed by atoms with Crippen LogP contribution in [0.1, 0.15) is 22.8 Å². The number of nitrogens with one attached hydrogen (secondary N) is 1. The molecule has 0 aliphatic rings. The van der Waals surface area contributed by atoms with E-state index in [-0.39, 0.29) is 11.3 Å². The van der Waals surface area contributed by atoms with Crippen LogP contribution in [0, 0.1) is 0 Å². The molecule has 10 heteroatoms. The molecule has 0 saturated heterocycles. The lowest BCUT2D eigenvalue weighted by Crippen LogP contribution is -2.39. The van der Waals surface area contributed by atoms with E-state index in [1.165, 1.54) is 30.5 Å². The summed E-state index contributed by atoms with van der Waals surface area (Å²) in [5.41, 5.74) is 3.20. The summed E-state index contributed by atoms with van der Waals surface area (Å²) >= 11 is 0. The quantitative estimate of drug-likeness (QED) is 0.471. The van der Waals surface area contributed by atoms with Crippen molar-refractivity contribution in [3.8, 4) is 5.75 Å². The highest BCUT2D eigenvalue weighted by Gasteiger charge is 2.23. The van der Waals surface area contributed by atoms with Crippen molar-refractivity contribution in [3.63, 3.8) is 0 Å². The minimum Gasteiger partial charge on any atom is -0.492 e. The summed E-state index contributed by atoms with van der Waals surface area (Å²) in [5.74, 6) is -1.36. The molecule has 0 aliphatic carbocycles. The van der Waals surface area contributed by atoms with E-state index >= 15 is 0 Å². The summed E-state index contributed by atoms with van der Waals surface area (Å²) in [4.78, 5) is 23.1. The lowest BCUT2D eigenvalue weighted by molar-refractivity contribution is -0.119. The van der Waals surface area contributed by atoms with Crippen LogP contribution >= 0.6 is 0 Å². The van der Waals surface area contributed by atoms with Crippen LogP contribution in [0.5, 0.6) is 5.75 Å². The van der Waals surface area contributed by atoms with Gasteiger partial charge in [-0.2, -0.15) is 5.10 Å². The monoisotopic (exact) mass is 419 g/mol. The molecule has 0 fully saturated rings. The molecule has 2 aromatic carbocycles. The first kappa shape index (κ1) is 21.9. The van der Waals surface area contributed by atoms with E-state index in [4.69, 9.17) is 9.84 Å². The second kappa shape index (κ2) is 9.69. The molecular formula is C19H21N3O6S. The highest BCUT2D eigenvalue weighted by molar-refractivity contribution is 7.92. The molecule has 2 aromatic rings. The summed E-state index contributed by atoms with van der Waals surface area (Å²) < 4.78 is 30.8. The number of ether oxygens (including phenoxy) is 1. The molecule has 0 atom stereocenters. The standard InChI is InChI=1S/C19H21N3O6S/c1-3-28-17-7-5-4-6-16(17)22(29(2,26)27)13-18(23)21-20-12-14-8-10-15(11-9-14)19(24)25/h4-12H,3,13H2,1-2H3,(H,21,23)(H,24,25)/b20-12-. The number of carbonyl (C=O) groups excluding carboxylic acids is 1. The molecule has 0 radical (unpaired) electrons. The summed E-state index contributed by atoms with van der Waals surface area (Å²) in [5, 5.41) is 12.6. The Hall–Kier alpha value is -3.40. The summed E-state index contributed by atoms with van der Waals surface area (Å²) in [7, 11) is -3.76. The number of hydrazone groups is 1. The number of amides is 1. The number of carbonyl (C=O) groups is 2. The normalized spacial score (nSPS) is 11.2. The average Bonchev–Trinajstić information content (AvgIpc) is 2.66. The molecule has 1 amide bonds. The third-order valence-electron chi connectivity index (χ3n) is 3.68. The van der Waals surface area contributed by atoms with Crippen molar-refractivity contribution < 1.29 is 27.9 Å². The number of aromatic carboxylic acids is 1. The molecule has 0 bridgehead atoms. The second-order valence-electron chi connectivity index (χ2n) is 5.89. The van der Waals surface area contributed by atoms with Crippen LogP contribution in [0.3, 0.4) is 0 Å². The number of benzene rings is 2. The van der Waals surface area contributed by atoms with Crippen molar-refractivity contribution in [2.75, 3.05) is 23.7 Å². The number of anilines is 1. The van der Waals surface area contributed by atoms with Gasteiger partial charge in [-0.3, -0.25) is 9.10 Å². The molecule has 0 aliphatic heterocycles. The van der Waals surface area contributed by atoms with Crippen molar-refractivity contribution >= 4 is 33.8 Å². The lowest BCUT2D eigenvalue weighted by atomic mass is 10.1. The van der Waals surface area contributed by atoms with E-state index in [1.54, 1.807) is 31.2 Å². The van der Waals surface area contributed by atoms with Gasteiger partial charge in [-0.05, 0) is 36.8 Å². The number of nitrogens with zero attached hydrogens (tertiary/aromatic N) is 2. The van der Waals surface area contributed by atoms with E-state index in [0.717, 1.165) is 10.6 Å². The van der Waals surface area contributed by atoms with Gasteiger partial charge in [0.05, 0.1) is 30.3 Å². The second-order valence-corrected chi connectivity index (χ2v) is 7.80. The largest absolute Gasteiger partial charge is 0.492 e. The maximum absolute atomic E-state index is 12.2. The Morgan fingerprint density at radius 1 is 1.17 bits per heavy atom. The molecule has 0 aromatic heterocycles. The van der Waals surface area contributed by atoms with Crippen molar-refractivity contribution in [2.24, 2.45) is 5.10 Å². The zero-order valence-corrected chi connectivity index (χ0v) is 16.7. The van der Waals surface area contributed by atoms with Crippen LogP contribution < -0.4 is 14.5 Å². The van der Waals surface area contributed by atoms with Gasteiger partial charge in [0.25, 0.3) is 5.91 Å². The van der Waals surface area contributed by atoms with Crippen LogP contribution in [0.4, 0.5) is 5.69 Å². The van der Waals surface area contributed by atoms with Gasteiger partial charge >= 0.3 is 5.97 Å². The number of para-hydroxylation sites is 2. The van der Waals surface area contributed by atoms with Gasteiger partial charge in [-0.15, -0.1) is 0 Å². The topological polar surface area (TPSA) is 125 Å². The van der Waals surface area contributed by atoms with Gasteiger partial charge < -0.3 is 9.84 Å². The number of rotatable bonds is 9. The average molecular weight is 419 g/mol. The van der Waals surface area contributed by atoms with Crippen LogP contribution in [0.15, 0.2) is 53.6 Å². The third kappa shape index (κ3) is 6.32. The van der Waals surface area contributed by atoms with E-state index in [0.29, 0.717) is 17.9 Å². The Morgan fingerprint density at radius 2 is 1.83 bits per heavy atom. The fourth-order valence-corrected chi connectivity index (χ4v) is 3.24. The highest BCUT2D eigenvalue weighted by atomic mass is 32.2. The first-order chi connectivity index (χ1) is 13.7. The van der Waals surface area contributed by atoms with Crippen molar-refractivity contribution in [1.29, 1.82) is 0 Å². The summed E-state index contributed by atoms with van der Waals surface area (Å²) in [6.45, 7) is 1.62. The molecule has 2 rings (SSSR count). The van der Waals surface area contributed by atoms with Gasteiger partial charge in [0.1, 0.15) is 12.3 Å². The predicted molar refractivity (Wildman–Crippen MR) is 109 cm³/mol. The maximum Gasteiger partial charge on any atom is 0.335 e. The molecule has 9 nitrogen and oxygen atoms in total. The molecule has 154 valence electrons. The molecule has 0 heterocycles. The Balaban J connectivity index is 2.10. The number of carboxylic acids is 1. The number of carboxylic acid groups (broad SMARTS) is 1. The van der Waals surface area contributed by atoms with Gasteiger partial charge in [0, 0.05) is 0 Å². The fourth-order valence-electron chi connectivity index (χ4n) is 2.38. The summed E-state index contributed by atoms with van der Waals surface area (Å²) in [6, 6.07) is 12.4. The first-order valence-corrected chi connectivity index (χ1v) is 10.4. The van der Waals surface area contributed by atoms with Crippen molar-refractivity contribution in [3.05, 3.63) is 59.7 Å². The minimum atomic E-state index is -3.76. The van der Waals surface area contributed by atoms with Crippen molar-refractivity contribution in [1.82, 2.24) is 5.43 Å². The van der Waals surface area contributed by atoms with Gasteiger partial charge in [-0.25, -0.2) is 18.6 Å². The van der Waals surface area contributed by atoms with Gasteiger partial charge in [-0.1, -0.05) is 24.3 Å². The SMILES string of the molecule is CCOc1ccccc1N(CC(=O)N/N=C\c1ccc(C(=O)O)cc1)S(C)(=O)=O. The minimum absolute atomic E-state index is 0.128. The highest BCUT2D eigenvalue weighted by Crippen LogP contribution is 2.29. The zero-order valence-electron chi connectivity index (χ0n) is 15.9. The molecule has 2 N–H and O–H groups in total. The Morgan fingerprint density at radius 3 is 2.41 bits per heavy atom. The summed E-state index contributed by atoms with van der Waals surface area (Å²) in [6.07, 6.45) is 2.32. The van der Waals surface area contributed by atoms with E-state index < -0.39 is 28.4 Å². The van der Waals surface area contributed by atoms with Crippen LogP contribution in [-0.2, 0) is 14.8 Å². The molecule has 0 saturated carbocycles. The third-order valence-corrected chi connectivity index (χ3v) is 4.81. The number of sulfonamides is 1. The van der Waals surface area contributed by atoms with Crippen molar-refractivity contribution in [2.45, 2.75) is 6.92 Å². The number of hydrogen-bond donors (Lipinski definition) is 2. The first-order valence-electron chi connectivity index (χ1n) is 8.57. The van der Waals surface area contributed by atoms with Crippen LogP contribution in [0.2, 0.25) is 0 Å². The van der Waals surface area contributed by atoms with E-state index in [1.807, 2.05) is 0 Å². The maximum atomic E-state index is 12.2. The van der Waals surface area contributed by atoms with E-state index in [2.05, 4.69) is 10.5 Å². The van der Waals surface area contributed by atoms with Crippen LogP contribution in [-0.4, -0.2) is 51.0 Å².